The molecule has 0 aliphatic heterocycles. The Morgan fingerprint density at radius 1 is 0.778 bits per heavy atom. The van der Waals surface area contributed by atoms with Gasteiger partial charge in [0.15, 0.2) is 10.2 Å². The van der Waals surface area contributed by atoms with Crippen LogP contribution in [0.1, 0.15) is 0 Å². The molecule has 0 saturated carbocycles. The van der Waals surface area contributed by atoms with Crippen LogP contribution >= 0.6 is 24.4 Å². The maximum Gasteiger partial charge on any atom is 0.172 e. The Labute approximate surface area is 119 Å². The molecular weight excluding hydrogens is 264 g/mol. The van der Waals surface area contributed by atoms with Gasteiger partial charge in [-0.15, -0.1) is 0 Å². The number of hydrogen-bond acceptors (Lipinski definition) is 2. The minimum atomic E-state index is 0.680. The lowest BCUT2D eigenvalue weighted by Gasteiger charge is -2.17. The number of rotatable bonds is 2. The Bertz CT molecular complexity index is 385. The van der Waals surface area contributed by atoms with Crippen molar-refractivity contribution in [1.29, 1.82) is 0 Å². The molecule has 0 atom stereocenters. The normalized spacial score (nSPS) is 9.56. The monoisotopic (exact) mass is 282 g/mol. The topological polar surface area (TPSA) is 30.5 Å². The van der Waals surface area contributed by atoms with Crippen molar-refractivity contribution in [3.63, 3.8) is 0 Å². The second kappa shape index (κ2) is 6.51. The van der Waals surface area contributed by atoms with Crippen molar-refractivity contribution < 1.29 is 0 Å². The summed E-state index contributed by atoms with van der Waals surface area (Å²) in [6, 6.07) is 7.82. The third kappa shape index (κ3) is 4.46. The van der Waals surface area contributed by atoms with Gasteiger partial charge < -0.3 is 20.4 Å². The second-order valence-electron chi connectivity index (χ2n) is 4.23. The third-order valence-electron chi connectivity index (χ3n) is 2.20. The Kier molecular flexibility index (Phi) is 5.30. The van der Waals surface area contributed by atoms with E-state index in [1.807, 2.05) is 62.3 Å². The molecular formula is C12H18N4S2. The van der Waals surface area contributed by atoms with Crippen LogP contribution in [-0.2, 0) is 0 Å². The van der Waals surface area contributed by atoms with Crippen molar-refractivity contribution in [2.24, 2.45) is 0 Å². The zero-order valence-electron chi connectivity index (χ0n) is 11.0. The first kappa shape index (κ1) is 14.7. The maximum atomic E-state index is 5.17. The van der Waals surface area contributed by atoms with Crippen molar-refractivity contribution in [1.82, 2.24) is 9.80 Å². The van der Waals surface area contributed by atoms with Gasteiger partial charge in [0.2, 0.25) is 0 Å². The molecule has 0 spiro atoms. The quantitative estimate of drug-likeness (QED) is 0.809. The summed E-state index contributed by atoms with van der Waals surface area (Å²) < 4.78 is 0. The van der Waals surface area contributed by atoms with Crippen molar-refractivity contribution in [2.75, 3.05) is 38.8 Å². The summed E-state index contributed by atoms with van der Waals surface area (Å²) in [5.74, 6) is 0. The summed E-state index contributed by atoms with van der Waals surface area (Å²) in [4.78, 5) is 3.70. The molecule has 18 heavy (non-hydrogen) atoms. The maximum absolute atomic E-state index is 5.17. The molecule has 2 N–H and O–H groups in total. The molecule has 1 aromatic carbocycles. The molecule has 6 heteroatoms. The van der Waals surface area contributed by atoms with Gasteiger partial charge in [0.1, 0.15) is 0 Å². The number of thiocarbonyl (C=S) groups is 2. The summed E-state index contributed by atoms with van der Waals surface area (Å²) in [6.07, 6.45) is 0. The lowest BCUT2D eigenvalue weighted by atomic mass is 10.3. The zero-order valence-corrected chi connectivity index (χ0v) is 12.7. The average molecular weight is 282 g/mol. The van der Waals surface area contributed by atoms with Gasteiger partial charge in [0.25, 0.3) is 0 Å². The van der Waals surface area contributed by atoms with E-state index in [9.17, 15) is 0 Å². The van der Waals surface area contributed by atoms with Crippen molar-refractivity contribution in [3.8, 4) is 0 Å². The van der Waals surface area contributed by atoms with Gasteiger partial charge in [-0.1, -0.05) is 0 Å². The summed E-state index contributed by atoms with van der Waals surface area (Å²) in [5.41, 5.74) is 1.91. The number of anilines is 2. The van der Waals surface area contributed by atoms with E-state index in [-0.39, 0.29) is 0 Å². The van der Waals surface area contributed by atoms with E-state index in [4.69, 9.17) is 24.4 Å². The number of hydrogen-bond donors (Lipinski definition) is 2. The molecule has 1 aromatic rings. The Morgan fingerprint density at radius 2 is 1.06 bits per heavy atom. The van der Waals surface area contributed by atoms with Crippen LogP contribution in [0.4, 0.5) is 11.4 Å². The smallest absolute Gasteiger partial charge is 0.172 e. The van der Waals surface area contributed by atoms with E-state index in [0.717, 1.165) is 11.4 Å². The van der Waals surface area contributed by atoms with E-state index in [2.05, 4.69) is 10.6 Å². The fraction of sp³-hybridized carbons (Fsp3) is 0.333. The standard InChI is InChI=1S/C12H18N4S2/c1-15(2)11(17)13-9-5-7-10(8-6-9)14-12(18)16(3)4/h5-8H,1-4H3,(H,13,17)(H,14,18). The zero-order chi connectivity index (χ0) is 13.7. The summed E-state index contributed by atoms with van der Waals surface area (Å²) >= 11 is 10.3. The molecule has 0 bridgehead atoms. The molecule has 0 aromatic heterocycles. The van der Waals surface area contributed by atoms with Gasteiger partial charge in [-0.3, -0.25) is 0 Å². The molecule has 0 fully saturated rings. The average Bonchev–Trinajstić information content (AvgIpc) is 2.31. The first-order valence-electron chi connectivity index (χ1n) is 5.47. The predicted molar refractivity (Wildman–Crippen MR) is 86.3 cm³/mol. The molecule has 0 radical (unpaired) electrons. The predicted octanol–water partition coefficient (Wildman–Crippen LogP) is 2.20. The molecule has 0 saturated heterocycles. The highest BCUT2D eigenvalue weighted by molar-refractivity contribution is 7.80. The van der Waals surface area contributed by atoms with Gasteiger partial charge >= 0.3 is 0 Å². The molecule has 0 amide bonds. The van der Waals surface area contributed by atoms with Crippen molar-refractivity contribution in [2.45, 2.75) is 0 Å². The van der Waals surface area contributed by atoms with Gasteiger partial charge in [0, 0.05) is 39.6 Å². The lowest BCUT2D eigenvalue weighted by molar-refractivity contribution is 0.633. The first-order chi connectivity index (χ1) is 8.40. The van der Waals surface area contributed by atoms with Crippen molar-refractivity contribution >= 4 is 46.0 Å². The first-order valence-corrected chi connectivity index (χ1v) is 6.28. The van der Waals surface area contributed by atoms with Gasteiger partial charge in [-0.05, 0) is 48.7 Å². The van der Waals surface area contributed by atoms with E-state index < -0.39 is 0 Å². The number of nitrogens with zero attached hydrogens (tertiary/aromatic N) is 2. The highest BCUT2D eigenvalue weighted by atomic mass is 32.1. The molecule has 1 rings (SSSR count). The van der Waals surface area contributed by atoms with E-state index in [0.29, 0.717) is 10.2 Å². The highest BCUT2D eigenvalue weighted by Crippen LogP contribution is 2.14. The van der Waals surface area contributed by atoms with Crippen LogP contribution in [0.25, 0.3) is 0 Å². The molecule has 0 aliphatic rings. The van der Waals surface area contributed by atoms with Gasteiger partial charge in [0.05, 0.1) is 0 Å². The van der Waals surface area contributed by atoms with Gasteiger partial charge in [-0.2, -0.15) is 0 Å². The third-order valence-corrected chi connectivity index (χ3v) is 3.13. The van der Waals surface area contributed by atoms with Crippen LogP contribution in [-0.4, -0.2) is 48.2 Å². The molecule has 4 nitrogen and oxygen atoms in total. The summed E-state index contributed by atoms with van der Waals surface area (Å²) in [7, 11) is 7.61. The number of nitrogens with one attached hydrogen (secondary N) is 2. The van der Waals surface area contributed by atoms with E-state index >= 15 is 0 Å². The minimum Gasteiger partial charge on any atom is -0.355 e. The van der Waals surface area contributed by atoms with Crippen LogP contribution in [0.15, 0.2) is 24.3 Å². The second-order valence-corrected chi connectivity index (χ2v) is 5.00. The van der Waals surface area contributed by atoms with Gasteiger partial charge in [-0.25, -0.2) is 0 Å². The summed E-state index contributed by atoms with van der Waals surface area (Å²) in [5, 5.41) is 7.62. The molecule has 0 heterocycles. The molecule has 0 aliphatic carbocycles. The fourth-order valence-electron chi connectivity index (χ4n) is 1.11. The van der Waals surface area contributed by atoms with Crippen LogP contribution < -0.4 is 10.6 Å². The molecule has 98 valence electrons. The number of benzene rings is 1. The van der Waals surface area contributed by atoms with E-state index in [1.54, 1.807) is 0 Å². The highest BCUT2D eigenvalue weighted by Gasteiger charge is 2.01. The van der Waals surface area contributed by atoms with Crippen molar-refractivity contribution in [3.05, 3.63) is 24.3 Å². The SMILES string of the molecule is CN(C)C(=S)Nc1ccc(NC(=S)N(C)C)cc1. The van der Waals surface area contributed by atoms with Crippen LogP contribution in [0, 0.1) is 0 Å². The lowest BCUT2D eigenvalue weighted by Crippen LogP contribution is -2.27. The van der Waals surface area contributed by atoms with Crippen LogP contribution in [0.2, 0.25) is 0 Å². The van der Waals surface area contributed by atoms with E-state index in [1.165, 1.54) is 0 Å². The Balaban J connectivity index is 2.63. The largest absolute Gasteiger partial charge is 0.355 e. The minimum absolute atomic E-state index is 0.680. The molecule has 0 unspecified atom stereocenters. The Hall–Kier alpha value is -1.40. The van der Waals surface area contributed by atoms with Crippen LogP contribution in [0.3, 0.4) is 0 Å². The Morgan fingerprint density at radius 3 is 1.28 bits per heavy atom. The fourth-order valence-corrected chi connectivity index (χ4v) is 1.34. The van der Waals surface area contributed by atoms with Crippen LogP contribution in [0.5, 0.6) is 0 Å². The summed E-state index contributed by atoms with van der Waals surface area (Å²) in [6.45, 7) is 0.